The molecule has 1 fully saturated rings. The summed E-state index contributed by atoms with van der Waals surface area (Å²) in [4.78, 5) is 13.3. The number of likely N-dealkylation sites (tertiary alicyclic amines) is 1. The fourth-order valence-corrected chi connectivity index (χ4v) is 2.65. The summed E-state index contributed by atoms with van der Waals surface area (Å²) in [5.74, 6) is -1.24. The van der Waals surface area contributed by atoms with E-state index in [9.17, 15) is 4.79 Å². The number of hydrogen-bond donors (Lipinski definition) is 1. The largest absolute Gasteiger partial charge is 0.475 e. The second-order valence-corrected chi connectivity index (χ2v) is 5.38. The van der Waals surface area contributed by atoms with Crippen molar-refractivity contribution in [3.8, 4) is 11.3 Å². The van der Waals surface area contributed by atoms with Crippen LogP contribution >= 0.6 is 0 Å². The lowest BCUT2D eigenvalue weighted by Gasteiger charge is -2.14. The Balaban J connectivity index is 1.63. The van der Waals surface area contributed by atoms with Gasteiger partial charge in [-0.3, -0.25) is 0 Å². The van der Waals surface area contributed by atoms with E-state index >= 15 is 0 Å². The molecule has 2 aromatic rings. The number of carbonyl (C=O) groups is 1. The van der Waals surface area contributed by atoms with Gasteiger partial charge in [-0.25, -0.2) is 4.79 Å². The van der Waals surface area contributed by atoms with E-state index in [1.807, 2.05) is 12.1 Å². The summed E-state index contributed by atoms with van der Waals surface area (Å²) in [5.41, 5.74) is 2.71. The van der Waals surface area contributed by atoms with E-state index in [-0.39, 0.29) is 5.76 Å². The Morgan fingerprint density at radius 3 is 2.57 bits per heavy atom. The maximum absolute atomic E-state index is 10.8. The van der Waals surface area contributed by atoms with Crippen LogP contribution < -0.4 is 0 Å². The van der Waals surface area contributed by atoms with Gasteiger partial charge < -0.3 is 14.5 Å². The van der Waals surface area contributed by atoms with Crippen LogP contribution in [0.4, 0.5) is 0 Å². The monoisotopic (exact) mass is 286 g/mol. The van der Waals surface area contributed by atoms with Gasteiger partial charge in [0.15, 0.2) is 0 Å². The molecular formula is C16H18N2O3. The molecule has 0 bridgehead atoms. The highest BCUT2D eigenvalue weighted by atomic mass is 16.5. The Hall–Kier alpha value is -2.14. The normalized spacial score (nSPS) is 15.4. The van der Waals surface area contributed by atoms with Gasteiger partial charge in [0.05, 0.1) is 0 Å². The molecule has 1 aromatic heterocycles. The molecule has 5 nitrogen and oxygen atoms in total. The average Bonchev–Trinajstić information content (AvgIpc) is 3.17. The van der Waals surface area contributed by atoms with E-state index in [1.165, 1.54) is 37.6 Å². The summed E-state index contributed by atoms with van der Waals surface area (Å²) in [7, 11) is 0. The molecule has 1 aromatic carbocycles. The molecule has 2 heterocycles. The molecule has 0 amide bonds. The predicted octanol–water partition coefficient (Wildman–Crippen LogP) is 2.68. The number of benzene rings is 1. The van der Waals surface area contributed by atoms with Crippen LogP contribution in [0.3, 0.4) is 0 Å². The van der Waals surface area contributed by atoms with E-state index in [0.29, 0.717) is 5.69 Å². The highest BCUT2D eigenvalue weighted by molar-refractivity contribution is 5.85. The smallest absolute Gasteiger partial charge is 0.374 e. The SMILES string of the molecule is O=C(O)c1cc(-c2ccc(CCN3CCCC3)cc2)no1. The zero-order valence-electron chi connectivity index (χ0n) is 11.8. The highest BCUT2D eigenvalue weighted by Gasteiger charge is 2.13. The van der Waals surface area contributed by atoms with E-state index in [2.05, 4.69) is 22.2 Å². The molecule has 3 rings (SSSR count). The summed E-state index contributed by atoms with van der Waals surface area (Å²) in [5, 5.41) is 12.6. The molecule has 0 spiro atoms. The van der Waals surface area contributed by atoms with Crippen LogP contribution in [0, 0.1) is 0 Å². The van der Waals surface area contributed by atoms with Gasteiger partial charge in [0.2, 0.25) is 5.76 Å². The summed E-state index contributed by atoms with van der Waals surface area (Å²) in [6.07, 6.45) is 3.67. The molecule has 0 saturated carbocycles. The number of aromatic nitrogens is 1. The van der Waals surface area contributed by atoms with Crippen molar-refractivity contribution in [2.45, 2.75) is 19.3 Å². The molecule has 1 aliphatic heterocycles. The van der Waals surface area contributed by atoms with Crippen molar-refractivity contribution in [1.29, 1.82) is 0 Å². The molecule has 1 N–H and O–H groups in total. The molecule has 0 atom stereocenters. The molecular weight excluding hydrogens is 268 g/mol. The molecule has 1 aliphatic rings. The van der Waals surface area contributed by atoms with Crippen LogP contribution in [-0.2, 0) is 6.42 Å². The van der Waals surface area contributed by atoms with Crippen LogP contribution in [0.1, 0.15) is 29.0 Å². The van der Waals surface area contributed by atoms with Crippen LogP contribution in [0.5, 0.6) is 0 Å². The molecule has 1 saturated heterocycles. The molecule has 21 heavy (non-hydrogen) atoms. The zero-order valence-corrected chi connectivity index (χ0v) is 11.8. The fraction of sp³-hybridized carbons (Fsp3) is 0.375. The Kier molecular flexibility index (Phi) is 4.01. The minimum Gasteiger partial charge on any atom is -0.475 e. The Morgan fingerprint density at radius 1 is 1.24 bits per heavy atom. The zero-order chi connectivity index (χ0) is 14.7. The number of carboxylic acid groups (broad SMARTS) is 1. The third-order valence-electron chi connectivity index (χ3n) is 3.89. The third kappa shape index (κ3) is 3.31. The molecule has 0 aliphatic carbocycles. The summed E-state index contributed by atoms with van der Waals surface area (Å²) in [6.45, 7) is 3.54. The predicted molar refractivity (Wildman–Crippen MR) is 78.3 cm³/mol. The van der Waals surface area contributed by atoms with Gasteiger partial charge in [0.25, 0.3) is 0 Å². The first kappa shape index (κ1) is 13.8. The van der Waals surface area contributed by atoms with Crippen molar-refractivity contribution < 1.29 is 14.4 Å². The Morgan fingerprint density at radius 2 is 1.95 bits per heavy atom. The molecule has 110 valence electrons. The van der Waals surface area contributed by atoms with Gasteiger partial charge in [0.1, 0.15) is 5.69 Å². The van der Waals surface area contributed by atoms with Crippen LogP contribution in [0.25, 0.3) is 11.3 Å². The van der Waals surface area contributed by atoms with Gasteiger partial charge in [-0.15, -0.1) is 0 Å². The van der Waals surface area contributed by atoms with Crippen molar-refractivity contribution in [3.63, 3.8) is 0 Å². The maximum atomic E-state index is 10.8. The summed E-state index contributed by atoms with van der Waals surface area (Å²) >= 11 is 0. The first-order chi connectivity index (χ1) is 10.2. The van der Waals surface area contributed by atoms with Gasteiger partial charge in [-0.1, -0.05) is 29.4 Å². The summed E-state index contributed by atoms with van der Waals surface area (Å²) in [6, 6.07) is 9.51. The first-order valence-electron chi connectivity index (χ1n) is 7.24. The van der Waals surface area contributed by atoms with Crippen molar-refractivity contribution in [2.75, 3.05) is 19.6 Å². The Labute approximate surface area is 123 Å². The molecule has 5 heteroatoms. The van der Waals surface area contributed by atoms with E-state index in [0.717, 1.165) is 18.5 Å². The van der Waals surface area contributed by atoms with Crippen molar-refractivity contribution in [1.82, 2.24) is 10.1 Å². The van der Waals surface area contributed by atoms with Crippen LogP contribution in [0.2, 0.25) is 0 Å². The lowest BCUT2D eigenvalue weighted by atomic mass is 10.1. The topological polar surface area (TPSA) is 66.6 Å². The first-order valence-corrected chi connectivity index (χ1v) is 7.24. The minimum absolute atomic E-state index is 0.136. The van der Waals surface area contributed by atoms with E-state index in [1.54, 1.807) is 0 Å². The number of nitrogens with zero attached hydrogens (tertiary/aromatic N) is 2. The lowest BCUT2D eigenvalue weighted by Crippen LogP contribution is -2.21. The standard InChI is InChI=1S/C16H18N2O3/c19-16(20)15-11-14(17-21-15)13-5-3-12(4-6-13)7-10-18-8-1-2-9-18/h3-6,11H,1-2,7-10H2,(H,19,20). The second-order valence-electron chi connectivity index (χ2n) is 5.38. The number of aromatic carboxylic acids is 1. The van der Waals surface area contributed by atoms with Crippen LogP contribution in [0.15, 0.2) is 34.9 Å². The van der Waals surface area contributed by atoms with E-state index in [4.69, 9.17) is 9.63 Å². The van der Waals surface area contributed by atoms with Gasteiger partial charge in [-0.05, 0) is 37.9 Å². The molecule has 0 radical (unpaired) electrons. The van der Waals surface area contributed by atoms with Crippen LogP contribution in [-0.4, -0.2) is 40.8 Å². The third-order valence-corrected chi connectivity index (χ3v) is 3.89. The average molecular weight is 286 g/mol. The van der Waals surface area contributed by atoms with Crippen molar-refractivity contribution in [2.24, 2.45) is 0 Å². The van der Waals surface area contributed by atoms with Crippen molar-refractivity contribution in [3.05, 3.63) is 41.7 Å². The highest BCUT2D eigenvalue weighted by Crippen LogP contribution is 2.20. The maximum Gasteiger partial charge on any atom is 0.374 e. The lowest BCUT2D eigenvalue weighted by molar-refractivity contribution is 0.0652. The Bertz CT molecular complexity index is 613. The fourth-order valence-electron chi connectivity index (χ4n) is 2.65. The quantitative estimate of drug-likeness (QED) is 0.915. The van der Waals surface area contributed by atoms with Gasteiger partial charge in [0, 0.05) is 18.2 Å². The number of rotatable bonds is 5. The summed E-state index contributed by atoms with van der Waals surface area (Å²) < 4.78 is 4.77. The second kappa shape index (κ2) is 6.10. The van der Waals surface area contributed by atoms with Crippen molar-refractivity contribution >= 4 is 5.97 Å². The van der Waals surface area contributed by atoms with Gasteiger partial charge >= 0.3 is 5.97 Å². The number of hydrogen-bond acceptors (Lipinski definition) is 4. The minimum atomic E-state index is -1.10. The van der Waals surface area contributed by atoms with Gasteiger partial charge in [-0.2, -0.15) is 0 Å². The van der Waals surface area contributed by atoms with E-state index < -0.39 is 5.97 Å². The molecule has 0 unspecified atom stereocenters. The number of carboxylic acids is 1.